The summed E-state index contributed by atoms with van der Waals surface area (Å²) in [5.41, 5.74) is 0.542. The molecular weight excluding hydrogens is 214 g/mol. The molecule has 0 bridgehead atoms. The van der Waals surface area contributed by atoms with Crippen LogP contribution in [-0.2, 0) is 4.79 Å². The lowest BCUT2D eigenvalue weighted by Gasteiger charge is -2.31. The van der Waals surface area contributed by atoms with Gasteiger partial charge < -0.3 is 10.6 Å². The van der Waals surface area contributed by atoms with Crippen LogP contribution in [0.1, 0.15) is 20.3 Å². The van der Waals surface area contributed by atoms with Crippen molar-refractivity contribution in [3.63, 3.8) is 0 Å². The minimum absolute atomic E-state index is 0.115. The van der Waals surface area contributed by atoms with Gasteiger partial charge in [-0.25, -0.2) is 0 Å². The number of hydrogen-bond donors (Lipinski definition) is 2. The smallest absolute Gasteiger partial charge is 0.232 e. The van der Waals surface area contributed by atoms with E-state index in [0.29, 0.717) is 5.92 Å². The topological polar surface area (TPSA) is 54.0 Å². The van der Waals surface area contributed by atoms with Gasteiger partial charge in [0.05, 0.1) is 5.41 Å². The molecule has 1 aliphatic rings. The van der Waals surface area contributed by atoms with Crippen LogP contribution in [0, 0.1) is 11.3 Å². The number of carbonyl (C=O) groups excluding carboxylic acids is 1. The average Bonchev–Trinajstić information content (AvgIpc) is 2.80. The Morgan fingerprint density at radius 1 is 1.47 bits per heavy atom. The van der Waals surface area contributed by atoms with Crippen LogP contribution in [0.15, 0.2) is 24.5 Å². The number of hydrogen-bond acceptors (Lipinski definition) is 3. The van der Waals surface area contributed by atoms with E-state index in [1.54, 1.807) is 12.4 Å². The van der Waals surface area contributed by atoms with E-state index in [4.69, 9.17) is 0 Å². The molecule has 0 saturated carbocycles. The molecule has 4 nitrogen and oxygen atoms in total. The van der Waals surface area contributed by atoms with Crippen molar-refractivity contribution in [2.24, 2.45) is 11.3 Å². The van der Waals surface area contributed by atoms with Crippen molar-refractivity contribution >= 4 is 11.6 Å². The van der Waals surface area contributed by atoms with Gasteiger partial charge >= 0.3 is 0 Å². The van der Waals surface area contributed by atoms with Crippen molar-refractivity contribution in [2.75, 3.05) is 18.4 Å². The van der Waals surface area contributed by atoms with Crippen LogP contribution < -0.4 is 10.6 Å². The molecule has 1 aliphatic heterocycles. The molecule has 0 aromatic carbocycles. The monoisotopic (exact) mass is 233 g/mol. The fraction of sp³-hybridized carbons (Fsp3) is 0.538. The fourth-order valence-corrected chi connectivity index (χ4v) is 2.35. The molecule has 92 valence electrons. The Bertz CT molecular complexity index is 383. The van der Waals surface area contributed by atoms with E-state index in [1.165, 1.54) is 0 Å². The number of nitrogens with zero attached hydrogens (tertiary/aromatic N) is 1. The summed E-state index contributed by atoms with van der Waals surface area (Å²) in [5, 5.41) is 6.28. The number of carbonyl (C=O) groups is 1. The molecule has 17 heavy (non-hydrogen) atoms. The van der Waals surface area contributed by atoms with Gasteiger partial charge in [-0.3, -0.25) is 9.78 Å². The highest BCUT2D eigenvalue weighted by Crippen LogP contribution is 2.35. The number of rotatable bonds is 3. The third-order valence-corrected chi connectivity index (χ3v) is 3.68. The second kappa shape index (κ2) is 4.84. The lowest BCUT2D eigenvalue weighted by molar-refractivity contribution is -0.126. The number of nitrogens with one attached hydrogen (secondary N) is 2. The summed E-state index contributed by atoms with van der Waals surface area (Å²) in [5.74, 6) is 0.447. The highest BCUT2D eigenvalue weighted by Gasteiger charge is 2.43. The Hall–Kier alpha value is -1.42. The van der Waals surface area contributed by atoms with Crippen LogP contribution in [0.3, 0.4) is 0 Å². The molecule has 1 fully saturated rings. The zero-order valence-electron chi connectivity index (χ0n) is 10.4. The maximum Gasteiger partial charge on any atom is 0.232 e. The average molecular weight is 233 g/mol. The van der Waals surface area contributed by atoms with E-state index in [-0.39, 0.29) is 11.3 Å². The van der Waals surface area contributed by atoms with Gasteiger partial charge in [-0.05, 0) is 31.0 Å². The van der Waals surface area contributed by atoms with Gasteiger partial charge in [0.1, 0.15) is 0 Å². The molecule has 4 heteroatoms. The second-order valence-corrected chi connectivity index (χ2v) is 4.93. The first kappa shape index (κ1) is 12.0. The van der Waals surface area contributed by atoms with Gasteiger partial charge in [-0.1, -0.05) is 13.8 Å². The van der Waals surface area contributed by atoms with Gasteiger partial charge in [-0.15, -0.1) is 0 Å². The van der Waals surface area contributed by atoms with Gasteiger partial charge in [0.2, 0.25) is 5.91 Å². The summed E-state index contributed by atoms with van der Waals surface area (Å²) < 4.78 is 0. The van der Waals surface area contributed by atoms with Crippen molar-refractivity contribution in [2.45, 2.75) is 20.3 Å². The fourth-order valence-electron chi connectivity index (χ4n) is 2.35. The number of amides is 1. The van der Waals surface area contributed by atoms with Gasteiger partial charge in [0, 0.05) is 24.6 Å². The van der Waals surface area contributed by atoms with Crippen LogP contribution in [0.2, 0.25) is 0 Å². The van der Waals surface area contributed by atoms with Crippen molar-refractivity contribution in [1.29, 1.82) is 0 Å². The van der Waals surface area contributed by atoms with Crippen LogP contribution in [0.5, 0.6) is 0 Å². The van der Waals surface area contributed by atoms with Crippen LogP contribution >= 0.6 is 0 Å². The first-order valence-electron chi connectivity index (χ1n) is 6.07. The van der Waals surface area contributed by atoms with E-state index in [9.17, 15) is 4.79 Å². The normalized spacial score (nSPS) is 23.9. The summed E-state index contributed by atoms with van der Waals surface area (Å²) in [6.07, 6.45) is 4.27. The predicted octanol–water partition coefficient (Wildman–Crippen LogP) is 1.66. The van der Waals surface area contributed by atoms with E-state index in [0.717, 1.165) is 25.2 Å². The highest BCUT2D eigenvalue weighted by atomic mass is 16.2. The summed E-state index contributed by atoms with van der Waals surface area (Å²) in [4.78, 5) is 16.3. The quantitative estimate of drug-likeness (QED) is 0.834. The summed E-state index contributed by atoms with van der Waals surface area (Å²) in [6.45, 7) is 5.90. The molecule has 1 aromatic heterocycles. The Kier molecular flexibility index (Phi) is 3.43. The zero-order chi connectivity index (χ0) is 12.3. The van der Waals surface area contributed by atoms with Crippen LogP contribution in [-0.4, -0.2) is 24.0 Å². The molecule has 0 radical (unpaired) electrons. The van der Waals surface area contributed by atoms with Crippen molar-refractivity contribution < 1.29 is 4.79 Å². The van der Waals surface area contributed by atoms with Crippen LogP contribution in [0.25, 0.3) is 0 Å². The Morgan fingerprint density at radius 3 is 2.71 bits per heavy atom. The first-order chi connectivity index (χ1) is 8.15. The summed E-state index contributed by atoms with van der Waals surface area (Å²) >= 11 is 0. The van der Waals surface area contributed by atoms with Gasteiger partial charge in [-0.2, -0.15) is 0 Å². The SMILES string of the molecule is CC(C)C1(C(=O)Nc2ccncc2)CCNC1. The predicted molar refractivity (Wildman–Crippen MR) is 67.6 cm³/mol. The number of pyridine rings is 1. The first-order valence-corrected chi connectivity index (χ1v) is 6.07. The van der Waals surface area contributed by atoms with Crippen molar-refractivity contribution in [3.05, 3.63) is 24.5 Å². The van der Waals surface area contributed by atoms with E-state index in [2.05, 4.69) is 29.5 Å². The maximum atomic E-state index is 12.4. The molecule has 1 saturated heterocycles. The largest absolute Gasteiger partial charge is 0.325 e. The third-order valence-electron chi connectivity index (χ3n) is 3.68. The molecule has 0 spiro atoms. The van der Waals surface area contributed by atoms with E-state index >= 15 is 0 Å². The maximum absolute atomic E-state index is 12.4. The Balaban J connectivity index is 2.13. The van der Waals surface area contributed by atoms with Crippen LogP contribution in [0.4, 0.5) is 5.69 Å². The summed E-state index contributed by atoms with van der Waals surface area (Å²) in [7, 11) is 0. The lowest BCUT2D eigenvalue weighted by Crippen LogP contribution is -2.42. The minimum atomic E-state index is -0.275. The number of anilines is 1. The second-order valence-electron chi connectivity index (χ2n) is 4.93. The van der Waals surface area contributed by atoms with Crippen molar-refractivity contribution in [3.8, 4) is 0 Å². The molecule has 1 aromatic rings. The Morgan fingerprint density at radius 2 is 2.18 bits per heavy atom. The molecule has 1 atom stereocenters. The van der Waals surface area contributed by atoms with Crippen molar-refractivity contribution in [1.82, 2.24) is 10.3 Å². The van der Waals surface area contributed by atoms with E-state index < -0.39 is 0 Å². The van der Waals surface area contributed by atoms with E-state index in [1.807, 2.05) is 12.1 Å². The minimum Gasteiger partial charge on any atom is -0.325 e. The molecule has 1 amide bonds. The molecular formula is C13H19N3O. The van der Waals surface area contributed by atoms with Gasteiger partial charge in [0.15, 0.2) is 0 Å². The van der Waals surface area contributed by atoms with Gasteiger partial charge in [0.25, 0.3) is 0 Å². The standard InChI is InChI=1S/C13H19N3O/c1-10(2)13(5-8-15-9-13)12(17)16-11-3-6-14-7-4-11/h3-4,6-7,10,15H,5,8-9H2,1-2H3,(H,14,16,17). The molecule has 2 heterocycles. The molecule has 0 aliphatic carbocycles. The summed E-state index contributed by atoms with van der Waals surface area (Å²) in [6, 6.07) is 3.63. The lowest BCUT2D eigenvalue weighted by atomic mass is 9.75. The third kappa shape index (κ3) is 2.31. The molecule has 1 unspecified atom stereocenters. The Labute approximate surface area is 102 Å². The highest BCUT2D eigenvalue weighted by molar-refractivity contribution is 5.95. The zero-order valence-corrected chi connectivity index (χ0v) is 10.4. The number of aromatic nitrogens is 1. The molecule has 2 rings (SSSR count). The molecule has 2 N–H and O–H groups in total.